The lowest BCUT2D eigenvalue weighted by Crippen LogP contribution is -2.40. The van der Waals surface area contributed by atoms with E-state index in [1.54, 1.807) is 14.2 Å². The number of hydrogen-bond acceptors (Lipinski definition) is 5. The molecule has 2 aliphatic rings. The number of ether oxygens (including phenoxy) is 2. The Bertz CT molecular complexity index is 709. The zero-order valence-corrected chi connectivity index (χ0v) is 19.8. The van der Waals surface area contributed by atoms with Crippen LogP contribution in [0.5, 0.6) is 11.5 Å². The van der Waals surface area contributed by atoms with Crippen molar-refractivity contribution < 1.29 is 14.3 Å². The largest absolute Gasteiger partial charge is 0.493 e. The predicted molar refractivity (Wildman–Crippen MR) is 125 cm³/mol. The van der Waals surface area contributed by atoms with Crippen LogP contribution in [0.4, 0.5) is 0 Å². The number of fused-ring (bicyclic) bond motifs is 1. The number of amides is 1. The van der Waals surface area contributed by atoms with Gasteiger partial charge >= 0.3 is 0 Å². The number of unbranched alkanes of at least 4 members (excludes halogenated alkanes) is 2. The summed E-state index contributed by atoms with van der Waals surface area (Å²) in [7, 11) is 3.42. The van der Waals surface area contributed by atoms with Crippen LogP contribution in [-0.4, -0.2) is 75.2 Å². The van der Waals surface area contributed by atoms with Crippen LogP contribution in [0.1, 0.15) is 56.6 Å². The number of carbonyl (C=O) groups is 1. The van der Waals surface area contributed by atoms with Crippen LogP contribution < -0.4 is 14.8 Å². The molecular weight excluding hydrogens is 390 g/mol. The Balaban J connectivity index is 1.49. The molecule has 31 heavy (non-hydrogen) atoms. The molecule has 1 aromatic carbocycles. The highest BCUT2D eigenvalue weighted by Crippen LogP contribution is 2.35. The minimum Gasteiger partial charge on any atom is -0.493 e. The summed E-state index contributed by atoms with van der Waals surface area (Å²) >= 11 is 0. The molecule has 0 saturated carbocycles. The third kappa shape index (κ3) is 6.59. The Kier molecular flexibility index (Phi) is 9.47. The first-order valence-corrected chi connectivity index (χ1v) is 12.1. The molecule has 0 aromatic heterocycles. The van der Waals surface area contributed by atoms with Crippen molar-refractivity contribution in [3.63, 3.8) is 0 Å². The van der Waals surface area contributed by atoms with E-state index in [4.69, 9.17) is 9.47 Å². The summed E-state index contributed by atoms with van der Waals surface area (Å²) in [4.78, 5) is 16.9. The Morgan fingerprint density at radius 2 is 1.81 bits per heavy atom. The molecule has 174 valence electrons. The molecule has 0 spiro atoms. The second kappa shape index (κ2) is 12.3. The zero-order valence-electron chi connectivity index (χ0n) is 19.8. The molecule has 1 aliphatic carbocycles. The van der Waals surface area contributed by atoms with E-state index in [2.05, 4.69) is 29.3 Å². The molecule has 6 heteroatoms. The molecule has 1 aromatic rings. The van der Waals surface area contributed by atoms with Gasteiger partial charge in [0, 0.05) is 38.6 Å². The third-order valence-corrected chi connectivity index (χ3v) is 6.74. The van der Waals surface area contributed by atoms with Gasteiger partial charge in [-0.15, -0.1) is 0 Å². The number of benzene rings is 1. The van der Waals surface area contributed by atoms with Gasteiger partial charge in [0.15, 0.2) is 11.5 Å². The monoisotopic (exact) mass is 431 g/mol. The van der Waals surface area contributed by atoms with Crippen molar-refractivity contribution in [2.24, 2.45) is 0 Å². The molecule has 3 rings (SSSR count). The summed E-state index contributed by atoms with van der Waals surface area (Å²) in [5.41, 5.74) is 2.81. The van der Waals surface area contributed by atoms with Gasteiger partial charge in [-0.3, -0.25) is 4.79 Å². The van der Waals surface area contributed by atoms with Crippen molar-refractivity contribution >= 4 is 5.91 Å². The van der Waals surface area contributed by atoms with Gasteiger partial charge in [0.05, 0.1) is 14.2 Å². The normalized spacial score (nSPS) is 19.3. The van der Waals surface area contributed by atoms with E-state index in [1.165, 1.54) is 36.8 Å². The number of rotatable bonds is 11. The van der Waals surface area contributed by atoms with Gasteiger partial charge in [-0.05, 0) is 74.9 Å². The van der Waals surface area contributed by atoms with E-state index < -0.39 is 0 Å². The van der Waals surface area contributed by atoms with Gasteiger partial charge in [-0.25, -0.2) is 0 Å². The summed E-state index contributed by atoms with van der Waals surface area (Å²) in [6.45, 7) is 8.10. The maximum absolute atomic E-state index is 12.1. The topological polar surface area (TPSA) is 54.0 Å². The highest BCUT2D eigenvalue weighted by molar-refractivity contribution is 5.76. The highest BCUT2D eigenvalue weighted by Gasteiger charge is 2.25. The van der Waals surface area contributed by atoms with E-state index in [9.17, 15) is 4.79 Å². The van der Waals surface area contributed by atoms with Crippen molar-refractivity contribution in [2.75, 3.05) is 53.5 Å². The third-order valence-electron chi connectivity index (χ3n) is 6.74. The molecule has 6 nitrogen and oxygen atoms in total. The molecule has 1 N–H and O–H groups in total. The van der Waals surface area contributed by atoms with E-state index in [-0.39, 0.29) is 0 Å². The van der Waals surface area contributed by atoms with Gasteiger partial charge in [0.2, 0.25) is 5.91 Å². The highest BCUT2D eigenvalue weighted by atomic mass is 16.5. The summed E-state index contributed by atoms with van der Waals surface area (Å²) in [5, 5.41) is 3.31. The fourth-order valence-electron chi connectivity index (χ4n) is 4.99. The smallest absolute Gasteiger partial charge is 0.223 e. The van der Waals surface area contributed by atoms with Gasteiger partial charge < -0.3 is 24.6 Å². The number of nitrogens with zero attached hydrogens (tertiary/aromatic N) is 2. The van der Waals surface area contributed by atoms with E-state index in [0.29, 0.717) is 18.4 Å². The average molecular weight is 432 g/mol. The summed E-state index contributed by atoms with van der Waals surface area (Å²) in [6, 6.07) is 4.94. The van der Waals surface area contributed by atoms with Gasteiger partial charge in [-0.2, -0.15) is 0 Å². The summed E-state index contributed by atoms with van der Waals surface area (Å²) in [6.07, 6.45) is 8.72. The van der Waals surface area contributed by atoms with Crippen LogP contribution in [0.3, 0.4) is 0 Å². The van der Waals surface area contributed by atoms with Crippen LogP contribution in [-0.2, 0) is 17.6 Å². The lowest BCUT2D eigenvalue weighted by Gasteiger charge is -2.35. The van der Waals surface area contributed by atoms with Crippen LogP contribution in [0.2, 0.25) is 0 Å². The van der Waals surface area contributed by atoms with Crippen molar-refractivity contribution in [1.29, 1.82) is 0 Å². The fraction of sp³-hybridized carbons (Fsp3) is 0.720. The number of carbonyl (C=O) groups excluding carboxylic acids is 1. The van der Waals surface area contributed by atoms with Gasteiger partial charge in [0.1, 0.15) is 0 Å². The number of nitrogens with one attached hydrogen (secondary N) is 1. The molecule has 1 unspecified atom stereocenters. The SMILES string of the molecule is CCCN(CCCCCN1CCNCCC1=O)C1CCc2cc(OC)c(OC)cc2C1. The Morgan fingerprint density at radius 1 is 1.03 bits per heavy atom. The van der Waals surface area contributed by atoms with Gasteiger partial charge in [-0.1, -0.05) is 13.3 Å². The molecule has 1 heterocycles. The van der Waals surface area contributed by atoms with E-state index >= 15 is 0 Å². The Hall–Kier alpha value is -1.79. The maximum atomic E-state index is 12.1. The summed E-state index contributed by atoms with van der Waals surface area (Å²) in [5.74, 6) is 1.98. The minimum absolute atomic E-state index is 0.311. The molecular formula is C25H41N3O3. The summed E-state index contributed by atoms with van der Waals surface area (Å²) < 4.78 is 11.0. The molecule has 1 atom stereocenters. The van der Waals surface area contributed by atoms with Crippen molar-refractivity contribution in [3.05, 3.63) is 23.3 Å². The van der Waals surface area contributed by atoms with E-state index in [1.807, 2.05) is 4.90 Å². The van der Waals surface area contributed by atoms with Crippen LogP contribution >= 0.6 is 0 Å². The fourth-order valence-corrected chi connectivity index (χ4v) is 4.99. The molecule has 1 amide bonds. The second-order valence-corrected chi connectivity index (χ2v) is 8.85. The molecule has 1 aliphatic heterocycles. The van der Waals surface area contributed by atoms with E-state index in [0.717, 1.165) is 70.0 Å². The second-order valence-electron chi connectivity index (χ2n) is 8.85. The maximum Gasteiger partial charge on any atom is 0.223 e. The first-order valence-electron chi connectivity index (χ1n) is 12.1. The van der Waals surface area contributed by atoms with Crippen LogP contribution in [0, 0.1) is 0 Å². The number of aryl methyl sites for hydroxylation is 1. The zero-order chi connectivity index (χ0) is 22.1. The lowest BCUT2D eigenvalue weighted by atomic mass is 9.86. The van der Waals surface area contributed by atoms with Crippen LogP contribution in [0.15, 0.2) is 12.1 Å². The Morgan fingerprint density at radius 3 is 2.55 bits per heavy atom. The first kappa shape index (κ1) is 23.9. The average Bonchev–Trinajstić information content (AvgIpc) is 3.00. The number of hydrogen-bond donors (Lipinski definition) is 1. The predicted octanol–water partition coefficient (Wildman–Crippen LogP) is 3.27. The Labute approximate surface area is 188 Å². The van der Waals surface area contributed by atoms with Crippen molar-refractivity contribution in [3.8, 4) is 11.5 Å². The molecule has 0 bridgehead atoms. The van der Waals surface area contributed by atoms with Crippen molar-refractivity contribution in [2.45, 2.75) is 64.3 Å². The standard InChI is InChI=1S/C25H41N3O3/c1-4-13-27(14-6-5-7-15-28-16-12-26-11-10-25(28)29)22-9-8-20-18-23(30-2)24(31-3)19-21(20)17-22/h18-19,22,26H,4-17H2,1-3H3. The first-order chi connectivity index (χ1) is 15.2. The minimum atomic E-state index is 0.311. The lowest BCUT2D eigenvalue weighted by molar-refractivity contribution is -0.130. The quantitative estimate of drug-likeness (QED) is 0.545. The van der Waals surface area contributed by atoms with Crippen molar-refractivity contribution in [1.82, 2.24) is 15.1 Å². The van der Waals surface area contributed by atoms with Gasteiger partial charge in [0.25, 0.3) is 0 Å². The molecule has 0 radical (unpaired) electrons. The molecule has 1 saturated heterocycles. The van der Waals surface area contributed by atoms with Crippen LogP contribution in [0.25, 0.3) is 0 Å². The molecule has 1 fully saturated rings. The number of methoxy groups -OCH3 is 2.